The number of ether oxygens (including phenoxy) is 1. The second kappa shape index (κ2) is 8.06. The predicted octanol–water partition coefficient (Wildman–Crippen LogP) is 2.87. The van der Waals surface area contributed by atoms with E-state index in [2.05, 4.69) is 26.4 Å². The van der Waals surface area contributed by atoms with Crippen LogP contribution in [0.5, 0.6) is 5.88 Å². The van der Waals surface area contributed by atoms with Crippen molar-refractivity contribution in [2.75, 3.05) is 43.6 Å². The van der Waals surface area contributed by atoms with Crippen LogP contribution in [0.4, 0.5) is 11.5 Å². The van der Waals surface area contributed by atoms with Crippen LogP contribution in [0.1, 0.15) is 30.8 Å². The van der Waals surface area contributed by atoms with E-state index in [1.54, 1.807) is 6.07 Å². The standard InChI is InChI=1S/C26H27N7O3.2H2/c1-2-36-24-15-6-4-3-5-14(15)9-22(28-24)26(35)33-12-18-16-10-32(11-17(16)19(18)13-33)25(34)21-8-7-20-23(27-21)30-31-29-20;;/h3-9,16-19,29,31H,2,10-13H2,1H3,(H,27,30);2*1H/t16-,17+,18?,19?;;. The Morgan fingerprint density at radius 3 is 2.28 bits per heavy atom. The number of likely N-dealkylation sites (tertiary alicyclic amines) is 2. The van der Waals surface area contributed by atoms with Gasteiger partial charge in [0.1, 0.15) is 11.4 Å². The first-order chi connectivity index (χ1) is 17.6. The van der Waals surface area contributed by atoms with Gasteiger partial charge in [-0.2, -0.15) is 0 Å². The molecule has 1 aromatic carbocycles. The van der Waals surface area contributed by atoms with Crippen LogP contribution in [0.2, 0.25) is 0 Å². The molecule has 36 heavy (non-hydrogen) atoms. The Hall–Kier alpha value is -3.92. The molecular weight excluding hydrogens is 458 g/mol. The van der Waals surface area contributed by atoms with Crippen LogP contribution in [-0.4, -0.2) is 64.4 Å². The maximum Gasteiger partial charge on any atom is 0.272 e. The van der Waals surface area contributed by atoms with Gasteiger partial charge in [-0.3, -0.25) is 15.0 Å². The highest BCUT2D eigenvalue weighted by Crippen LogP contribution is 2.54. The molecule has 1 saturated carbocycles. The van der Waals surface area contributed by atoms with Crippen LogP contribution < -0.4 is 21.1 Å². The van der Waals surface area contributed by atoms with Gasteiger partial charge in [0.2, 0.25) is 5.88 Å². The van der Waals surface area contributed by atoms with E-state index in [4.69, 9.17) is 4.74 Å². The summed E-state index contributed by atoms with van der Waals surface area (Å²) in [6.45, 7) is 5.28. The lowest BCUT2D eigenvalue weighted by Crippen LogP contribution is -2.44. The fourth-order valence-corrected chi connectivity index (χ4v) is 6.49. The summed E-state index contributed by atoms with van der Waals surface area (Å²) in [5, 5.41) is 1.87. The van der Waals surface area contributed by atoms with E-state index in [0.717, 1.165) is 29.5 Å². The number of carbonyl (C=O) groups excluding carboxylic acids is 2. The van der Waals surface area contributed by atoms with Crippen molar-refractivity contribution in [3.05, 3.63) is 53.9 Å². The Balaban J connectivity index is 0.00000147. The Labute approximate surface area is 210 Å². The van der Waals surface area contributed by atoms with Crippen LogP contribution in [0.25, 0.3) is 10.8 Å². The third-order valence-electron chi connectivity index (χ3n) is 8.20. The number of hydrogen-bond acceptors (Lipinski definition) is 8. The SMILES string of the molecule is CCOc1nc(C(=O)N2CC3C(C2)[C@@H]2CN(C(=O)c4ccc5c(n4)NNN5)C[C@H]32)cc2ccccc12.[HH].[HH]. The summed E-state index contributed by atoms with van der Waals surface area (Å²) < 4.78 is 5.75. The van der Waals surface area contributed by atoms with E-state index >= 15 is 0 Å². The fourth-order valence-electron chi connectivity index (χ4n) is 6.49. The van der Waals surface area contributed by atoms with Gasteiger partial charge in [0.05, 0.1) is 12.3 Å². The van der Waals surface area contributed by atoms with Crippen molar-refractivity contribution in [2.45, 2.75) is 6.92 Å². The molecule has 3 aromatic rings. The number of carbonyl (C=O) groups is 2. The van der Waals surface area contributed by atoms with Gasteiger partial charge < -0.3 is 20.0 Å². The van der Waals surface area contributed by atoms with Gasteiger partial charge in [0.25, 0.3) is 11.8 Å². The number of pyridine rings is 2. The van der Waals surface area contributed by atoms with Crippen LogP contribution >= 0.6 is 0 Å². The molecule has 3 aliphatic heterocycles. The molecule has 0 radical (unpaired) electrons. The van der Waals surface area contributed by atoms with Crippen molar-refractivity contribution < 1.29 is 17.2 Å². The van der Waals surface area contributed by atoms with E-state index in [9.17, 15) is 9.59 Å². The largest absolute Gasteiger partial charge is 0.478 e. The Kier molecular flexibility index (Phi) is 4.78. The molecule has 2 aromatic heterocycles. The number of aromatic nitrogens is 2. The minimum absolute atomic E-state index is 0. The number of anilines is 2. The second-order valence-electron chi connectivity index (χ2n) is 10.0. The molecule has 0 bridgehead atoms. The van der Waals surface area contributed by atoms with Crippen molar-refractivity contribution in [1.82, 2.24) is 25.3 Å². The zero-order chi connectivity index (χ0) is 24.4. The number of hydrazine groups is 2. The van der Waals surface area contributed by atoms with Crippen molar-refractivity contribution in [2.24, 2.45) is 23.7 Å². The summed E-state index contributed by atoms with van der Waals surface area (Å²) in [5.74, 6) is 2.76. The Bertz CT molecular complexity index is 1390. The van der Waals surface area contributed by atoms with Crippen molar-refractivity contribution >= 4 is 34.1 Å². The minimum atomic E-state index is -0.0424. The number of amides is 2. The molecule has 4 atom stereocenters. The third-order valence-corrected chi connectivity index (χ3v) is 8.20. The first kappa shape index (κ1) is 21.4. The summed E-state index contributed by atoms with van der Waals surface area (Å²) in [6.07, 6.45) is 0. The average molecular weight is 490 g/mol. The lowest BCUT2D eigenvalue weighted by molar-refractivity contribution is 0.0629. The Morgan fingerprint density at radius 2 is 1.58 bits per heavy atom. The smallest absolute Gasteiger partial charge is 0.272 e. The van der Waals surface area contributed by atoms with E-state index in [-0.39, 0.29) is 14.7 Å². The maximum atomic E-state index is 13.5. The van der Waals surface area contributed by atoms with Crippen molar-refractivity contribution in [1.29, 1.82) is 0 Å². The number of fused-ring (bicyclic) bond motifs is 6. The number of nitrogens with one attached hydrogen (secondary N) is 3. The number of rotatable bonds is 4. The zero-order valence-electron chi connectivity index (χ0n) is 19.9. The quantitative estimate of drug-likeness (QED) is 0.513. The molecule has 10 nitrogen and oxygen atoms in total. The van der Waals surface area contributed by atoms with Crippen LogP contribution in [0.3, 0.4) is 0 Å². The van der Waals surface area contributed by atoms with Gasteiger partial charge >= 0.3 is 0 Å². The molecule has 0 spiro atoms. The molecule has 2 amide bonds. The van der Waals surface area contributed by atoms with Crippen molar-refractivity contribution in [3.8, 4) is 5.88 Å². The first-order valence-electron chi connectivity index (χ1n) is 12.5. The van der Waals surface area contributed by atoms with Crippen LogP contribution in [0, 0.1) is 23.7 Å². The van der Waals surface area contributed by atoms with Gasteiger partial charge in [-0.1, -0.05) is 18.2 Å². The van der Waals surface area contributed by atoms with E-state index in [0.29, 0.717) is 66.5 Å². The summed E-state index contributed by atoms with van der Waals surface area (Å²) >= 11 is 0. The van der Waals surface area contributed by atoms with Gasteiger partial charge in [0.15, 0.2) is 5.82 Å². The molecule has 4 aliphatic rings. The maximum absolute atomic E-state index is 13.5. The average Bonchev–Trinajstić information content (AvgIpc) is 3.62. The Morgan fingerprint density at radius 1 is 0.917 bits per heavy atom. The predicted molar refractivity (Wildman–Crippen MR) is 138 cm³/mol. The molecule has 5 heterocycles. The highest BCUT2D eigenvalue weighted by atomic mass is 16.5. The molecule has 2 saturated heterocycles. The molecule has 3 fully saturated rings. The lowest BCUT2D eigenvalue weighted by atomic mass is 9.60. The van der Waals surface area contributed by atoms with Crippen LogP contribution in [0.15, 0.2) is 42.5 Å². The van der Waals surface area contributed by atoms with Crippen LogP contribution in [-0.2, 0) is 0 Å². The topological polar surface area (TPSA) is 112 Å². The third kappa shape index (κ3) is 3.21. The van der Waals surface area contributed by atoms with E-state index < -0.39 is 0 Å². The summed E-state index contributed by atoms with van der Waals surface area (Å²) in [6, 6.07) is 13.3. The molecular formula is C26H31N7O3. The van der Waals surface area contributed by atoms with Gasteiger partial charge in [-0.05, 0) is 60.2 Å². The molecule has 2 unspecified atom stereocenters. The van der Waals surface area contributed by atoms with Gasteiger partial charge in [0, 0.05) is 34.4 Å². The molecule has 10 heteroatoms. The number of hydrogen-bond donors (Lipinski definition) is 3. The summed E-state index contributed by atoms with van der Waals surface area (Å²) in [4.78, 5) is 39.5. The zero-order valence-corrected chi connectivity index (χ0v) is 19.9. The van der Waals surface area contributed by atoms with Gasteiger partial charge in [-0.25, -0.2) is 9.97 Å². The first-order valence-corrected chi connectivity index (χ1v) is 12.5. The highest BCUT2D eigenvalue weighted by molar-refractivity contribution is 5.98. The second-order valence-corrected chi connectivity index (χ2v) is 10.0. The van der Waals surface area contributed by atoms with Gasteiger partial charge in [-0.15, -0.1) is 5.53 Å². The highest BCUT2D eigenvalue weighted by Gasteiger charge is 2.59. The number of nitrogens with zero attached hydrogens (tertiary/aromatic N) is 4. The molecule has 188 valence electrons. The van der Waals surface area contributed by atoms with Crippen molar-refractivity contribution in [3.63, 3.8) is 0 Å². The summed E-state index contributed by atoms with van der Waals surface area (Å²) in [5.41, 5.74) is 10.3. The van der Waals surface area contributed by atoms with E-state index in [1.807, 2.05) is 53.1 Å². The minimum Gasteiger partial charge on any atom is -0.478 e. The molecule has 7 rings (SSSR count). The van der Waals surface area contributed by atoms with E-state index in [1.165, 1.54) is 0 Å². The molecule has 1 aliphatic carbocycles. The monoisotopic (exact) mass is 489 g/mol. The normalized spacial score (nSPS) is 25.5. The number of benzene rings is 1. The lowest BCUT2D eigenvalue weighted by Gasteiger charge is -2.42. The molecule has 3 N–H and O–H groups in total. The summed E-state index contributed by atoms with van der Waals surface area (Å²) in [7, 11) is 0. The fraction of sp³-hybridized carbons (Fsp3) is 0.385.